The number of fused-ring (bicyclic) bond motifs is 1. The van der Waals surface area contributed by atoms with Crippen LogP contribution in [0.25, 0.3) is 5.69 Å². The van der Waals surface area contributed by atoms with E-state index in [1.807, 2.05) is 30.0 Å². The first-order valence-electron chi connectivity index (χ1n) is 13.9. The molecule has 1 aromatic heterocycles. The van der Waals surface area contributed by atoms with E-state index in [4.69, 9.17) is 9.84 Å². The quantitative estimate of drug-likeness (QED) is 0.384. The minimum Gasteiger partial charge on any atom is -0.497 e. The number of nitrogens with zero attached hydrogens (tertiary/aromatic N) is 4. The maximum atomic E-state index is 14.0. The fourth-order valence-corrected chi connectivity index (χ4v) is 5.14. The summed E-state index contributed by atoms with van der Waals surface area (Å²) in [5.41, 5.74) is 4.31. The number of unbranched alkanes of at least 4 members (excludes halogenated alkanes) is 2. The number of hydrogen-bond donors (Lipinski definition) is 1. The third-order valence-corrected chi connectivity index (χ3v) is 7.45. The van der Waals surface area contributed by atoms with Crippen LogP contribution in [-0.4, -0.2) is 69.3 Å². The van der Waals surface area contributed by atoms with Gasteiger partial charge in [0.25, 0.3) is 11.8 Å². The number of aromatic nitrogens is 2. The second kappa shape index (κ2) is 12.9. The number of aryl methyl sites for hydroxylation is 1. The van der Waals surface area contributed by atoms with Crippen molar-refractivity contribution in [3.63, 3.8) is 0 Å². The van der Waals surface area contributed by atoms with Crippen molar-refractivity contribution in [2.75, 3.05) is 26.8 Å². The van der Waals surface area contributed by atoms with E-state index in [9.17, 15) is 14.7 Å². The first-order chi connectivity index (χ1) is 18.9. The van der Waals surface area contributed by atoms with Gasteiger partial charge in [-0.25, -0.2) is 4.68 Å². The first-order valence-corrected chi connectivity index (χ1v) is 13.9. The van der Waals surface area contributed by atoms with Crippen LogP contribution in [0.3, 0.4) is 0 Å². The van der Waals surface area contributed by atoms with E-state index < -0.39 is 0 Å². The molecule has 1 aliphatic rings. The summed E-state index contributed by atoms with van der Waals surface area (Å²) in [7, 11) is 1.58. The van der Waals surface area contributed by atoms with E-state index in [0.717, 1.165) is 42.5 Å². The Kier molecular flexibility index (Phi) is 9.41. The zero-order valence-electron chi connectivity index (χ0n) is 23.5. The van der Waals surface area contributed by atoms with E-state index in [2.05, 4.69) is 19.9 Å². The van der Waals surface area contributed by atoms with Crippen molar-refractivity contribution in [1.82, 2.24) is 19.6 Å². The summed E-state index contributed by atoms with van der Waals surface area (Å²) < 4.78 is 7.14. The van der Waals surface area contributed by atoms with Crippen LogP contribution >= 0.6 is 0 Å². The molecule has 0 radical (unpaired) electrons. The lowest BCUT2D eigenvalue weighted by Crippen LogP contribution is -2.46. The van der Waals surface area contributed by atoms with E-state index in [1.165, 1.54) is 0 Å². The standard InChI is InChI=1S/C31H40N4O4/c1-5-7-15-33(16-8-6-2)31(38)28-17-22(3)35(32-28)29-19-26(39-4)13-14-27(29)30(37)34-20-24-12-10-9-11-23(24)18-25(34)21-36/h9-14,17,19,25,36H,5-8,15-16,18,20-21H2,1-4H3. The van der Waals surface area contributed by atoms with Gasteiger partial charge in [-0.15, -0.1) is 0 Å². The van der Waals surface area contributed by atoms with Crippen molar-refractivity contribution in [3.8, 4) is 11.4 Å². The van der Waals surface area contributed by atoms with E-state index in [0.29, 0.717) is 48.7 Å². The van der Waals surface area contributed by atoms with Crippen molar-refractivity contribution in [1.29, 1.82) is 0 Å². The number of amides is 2. The van der Waals surface area contributed by atoms with E-state index in [-0.39, 0.29) is 24.5 Å². The van der Waals surface area contributed by atoms with Crippen molar-refractivity contribution < 1.29 is 19.4 Å². The molecule has 39 heavy (non-hydrogen) atoms. The topological polar surface area (TPSA) is 87.9 Å². The number of ether oxygens (including phenoxy) is 1. The van der Waals surface area contributed by atoms with Crippen LogP contribution in [-0.2, 0) is 13.0 Å². The second-order valence-corrected chi connectivity index (χ2v) is 10.2. The highest BCUT2D eigenvalue weighted by Gasteiger charge is 2.32. The molecule has 2 heterocycles. The van der Waals surface area contributed by atoms with Gasteiger partial charge in [-0.1, -0.05) is 51.0 Å². The van der Waals surface area contributed by atoms with Crippen molar-refractivity contribution >= 4 is 11.8 Å². The molecule has 208 valence electrons. The van der Waals surface area contributed by atoms with Gasteiger partial charge in [0, 0.05) is 31.4 Å². The lowest BCUT2D eigenvalue weighted by molar-refractivity contribution is 0.0544. The number of methoxy groups -OCH3 is 1. The average Bonchev–Trinajstić information content (AvgIpc) is 3.36. The van der Waals surface area contributed by atoms with Crippen LogP contribution < -0.4 is 4.74 Å². The van der Waals surface area contributed by atoms with Crippen molar-refractivity contribution in [2.24, 2.45) is 0 Å². The Bertz CT molecular complexity index is 1290. The van der Waals surface area contributed by atoms with Gasteiger partial charge >= 0.3 is 0 Å². The number of aliphatic hydroxyl groups is 1. The van der Waals surface area contributed by atoms with Crippen molar-refractivity contribution in [2.45, 2.75) is 65.5 Å². The zero-order chi connectivity index (χ0) is 27.9. The number of rotatable bonds is 11. The summed E-state index contributed by atoms with van der Waals surface area (Å²) >= 11 is 0. The normalized spacial score (nSPS) is 14.7. The summed E-state index contributed by atoms with van der Waals surface area (Å²) in [6.45, 7) is 7.80. The predicted molar refractivity (Wildman–Crippen MR) is 151 cm³/mol. The molecule has 0 bridgehead atoms. The van der Waals surface area contributed by atoms with Crippen LogP contribution in [0.5, 0.6) is 5.75 Å². The van der Waals surface area contributed by atoms with Crippen LogP contribution in [0.1, 0.15) is 77.2 Å². The van der Waals surface area contributed by atoms with Gasteiger partial charge in [0.05, 0.1) is 31.0 Å². The third kappa shape index (κ3) is 6.17. The molecule has 1 atom stereocenters. The molecule has 4 rings (SSSR count). The number of carbonyl (C=O) groups excluding carboxylic acids is 2. The molecule has 0 aliphatic carbocycles. The summed E-state index contributed by atoms with van der Waals surface area (Å²) in [6.07, 6.45) is 4.49. The van der Waals surface area contributed by atoms with E-state index in [1.54, 1.807) is 41.0 Å². The molecule has 1 aliphatic heterocycles. The minimum absolute atomic E-state index is 0.0949. The molecule has 8 heteroatoms. The Morgan fingerprint density at radius 2 is 1.74 bits per heavy atom. The maximum absolute atomic E-state index is 14.0. The molecule has 2 aromatic carbocycles. The first kappa shape index (κ1) is 28.4. The average molecular weight is 533 g/mol. The highest BCUT2D eigenvalue weighted by molar-refractivity contribution is 5.98. The summed E-state index contributed by atoms with van der Waals surface area (Å²) in [5, 5.41) is 14.9. The van der Waals surface area contributed by atoms with Gasteiger partial charge in [0.15, 0.2) is 5.69 Å². The fourth-order valence-electron chi connectivity index (χ4n) is 5.14. The van der Waals surface area contributed by atoms with Gasteiger partial charge in [-0.2, -0.15) is 5.10 Å². The van der Waals surface area contributed by atoms with E-state index >= 15 is 0 Å². The SMILES string of the molecule is CCCCN(CCCC)C(=O)c1cc(C)n(-c2cc(OC)ccc2C(=O)N2Cc3ccccc3CC2CO)n1. The lowest BCUT2D eigenvalue weighted by atomic mass is 9.93. The number of hydrogen-bond acceptors (Lipinski definition) is 5. The molecule has 1 unspecified atom stereocenters. The van der Waals surface area contributed by atoms with Crippen molar-refractivity contribution in [3.05, 3.63) is 76.6 Å². The van der Waals surface area contributed by atoms with Crippen LogP contribution in [0, 0.1) is 6.92 Å². The molecule has 2 amide bonds. The summed E-state index contributed by atoms with van der Waals surface area (Å²) in [4.78, 5) is 31.1. The molecular weight excluding hydrogens is 492 g/mol. The van der Waals surface area contributed by atoms with Gasteiger partial charge in [-0.3, -0.25) is 9.59 Å². The zero-order valence-corrected chi connectivity index (χ0v) is 23.5. The molecular formula is C31H40N4O4. The Labute approximate surface area is 231 Å². The highest BCUT2D eigenvalue weighted by Crippen LogP contribution is 2.29. The Morgan fingerprint density at radius 1 is 1.05 bits per heavy atom. The van der Waals surface area contributed by atoms with Gasteiger partial charge in [0.1, 0.15) is 5.75 Å². The van der Waals surface area contributed by atoms with Gasteiger partial charge in [-0.05, 0) is 55.5 Å². The van der Waals surface area contributed by atoms with Gasteiger partial charge < -0.3 is 19.6 Å². The number of carbonyl (C=O) groups is 2. The Morgan fingerprint density at radius 3 is 2.38 bits per heavy atom. The summed E-state index contributed by atoms with van der Waals surface area (Å²) in [5.74, 6) is 0.290. The Balaban J connectivity index is 1.71. The van der Waals surface area contributed by atoms with Gasteiger partial charge in [0.2, 0.25) is 0 Å². The molecule has 0 saturated heterocycles. The fraction of sp³-hybridized carbons (Fsp3) is 0.452. The minimum atomic E-state index is -0.330. The monoisotopic (exact) mass is 532 g/mol. The van der Waals surface area contributed by atoms with Crippen LogP contribution in [0.2, 0.25) is 0 Å². The summed E-state index contributed by atoms with van der Waals surface area (Å²) in [6, 6.07) is 14.8. The molecule has 0 fully saturated rings. The third-order valence-electron chi connectivity index (χ3n) is 7.45. The van der Waals surface area contributed by atoms with Crippen LogP contribution in [0.15, 0.2) is 48.5 Å². The molecule has 3 aromatic rings. The van der Waals surface area contributed by atoms with Crippen LogP contribution in [0.4, 0.5) is 0 Å². The lowest BCUT2D eigenvalue weighted by Gasteiger charge is -2.36. The largest absolute Gasteiger partial charge is 0.497 e. The molecule has 1 N–H and O–H groups in total. The maximum Gasteiger partial charge on any atom is 0.274 e. The smallest absolute Gasteiger partial charge is 0.274 e. The molecule has 0 spiro atoms. The second-order valence-electron chi connectivity index (χ2n) is 10.2. The molecule has 0 saturated carbocycles. The Hall–Kier alpha value is -3.65. The number of aliphatic hydroxyl groups excluding tert-OH is 1. The highest BCUT2D eigenvalue weighted by atomic mass is 16.5. The molecule has 8 nitrogen and oxygen atoms in total. The number of benzene rings is 2. The predicted octanol–water partition coefficient (Wildman–Crippen LogP) is 4.79.